The molecule has 8 nitrogen and oxygen atoms in total. The monoisotopic (exact) mass is 430 g/mol. The van der Waals surface area contributed by atoms with E-state index in [1.807, 2.05) is 30.3 Å². The van der Waals surface area contributed by atoms with E-state index in [4.69, 9.17) is 9.47 Å². The summed E-state index contributed by atoms with van der Waals surface area (Å²) in [6.45, 7) is 1.86. The molecule has 1 unspecified atom stereocenters. The molecule has 2 amide bonds. The molecule has 2 saturated heterocycles. The average molecular weight is 430 g/mol. The van der Waals surface area contributed by atoms with Gasteiger partial charge in [-0.25, -0.2) is 14.8 Å². The summed E-state index contributed by atoms with van der Waals surface area (Å²) in [5, 5.41) is 0. The number of ether oxygens (including phenoxy) is 2. The van der Waals surface area contributed by atoms with Gasteiger partial charge >= 0.3 is 12.1 Å². The fraction of sp³-hybridized carbons (Fsp3) is 0.250. The quantitative estimate of drug-likeness (QED) is 0.616. The third-order valence-electron chi connectivity index (χ3n) is 5.69. The first-order valence-corrected chi connectivity index (χ1v) is 10.5. The Morgan fingerprint density at radius 2 is 1.84 bits per heavy atom. The molecule has 0 bridgehead atoms. The lowest BCUT2D eigenvalue weighted by Crippen LogP contribution is -2.39. The minimum atomic E-state index is -0.659. The summed E-state index contributed by atoms with van der Waals surface area (Å²) >= 11 is 0. The van der Waals surface area contributed by atoms with Crippen LogP contribution in [0.25, 0.3) is 0 Å². The van der Waals surface area contributed by atoms with Gasteiger partial charge in [0.1, 0.15) is 5.75 Å². The van der Waals surface area contributed by atoms with Gasteiger partial charge in [-0.05, 0) is 29.8 Å². The van der Waals surface area contributed by atoms with E-state index < -0.39 is 5.60 Å². The molecule has 162 valence electrons. The number of amides is 2. The van der Waals surface area contributed by atoms with Gasteiger partial charge in [-0.1, -0.05) is 36.4 Å². The maximum absolute atomic E-state index is 13.1. The second-order valence-corrected chi connectivity index (χ2v) is 8.03. The Bertz CT molecular complexity index is 1130. The third-order valence-corrected chi connectivity index (χ3v) is 5.69. The lowest BCUT2D eigenvalue weighted by molar-refractivity contribution is 0.0553. The summed E-state index contributed by atoms with van der Waals surface area (Å²) in [5.74, 6) is 0.358. The zero-order valence-corrected chi connectivity index (χ0v) is 17.4. The molecule has 0 aliphatic carbocycles. The van der Waals surface area contributed by atoms with Crippen LogP contribution in [0.2, 0.25) is 0 Å². The van der Waals surface area contributed by atoms with Crippen molar-refractivity contribution < 1.29 is 19.1 Å². The third kappa shape index (κ3) is 4.12. The zero-order chi connectivity index (χ0) is 22.0. The molecule has 2 aliphatic heterocycles. The van der Waals surface area contributed by atoms with Gasteiger partial charge in [0, 0.05) is 37.5 Å². The van der Waals surface area contributed by atoms with E-state index in [9.17, 15) is 9.59 Å². The highest BCUT2D eigenvalue weighted by atomic mass is 16.6. The Kier molecular flexibility index (Phi) is 5.18. The van der Waals surface area contributed by atoms with Gasteiger partial charge in [-0.3, -0.25) is 9.69 Å². The normalized spacial score (nSPS) is 19.9. The maximum Gasteiger partial charge on any atom is 0.410 e. The van der Waals surface area contributed by atoms with E-state index in [0.29, 0.717) is 43.9 Å². The molecule has 8 heteroatoms. The lowest BCUT2D eigenvalue weighted by atomic mass is 10.0. The smallest absolute Gasteiger partial charge is 0.410 e. The summed E-state index contributed by atoms with van der Waals surface area (Å²) < 4.78 is 11.4. The van der Waals surface area contributed by atoms with Crippen LogP contribution in [0, 0.1) is 0 Å². The van der Waals surface area contributed by atoms with Crippen LogP contribution in [-0.2, 0) is 11.3 Å². The predicted molar refractivity (Wildman–Crippen MR) is 115 cm³/mol. The number of rotatable bonds is 5. The molecule has 0 radical (unpaired) electrons. The highest BCUT2D eigenvalue weighted by Gasteiger charge is 2.50. The number of benzene rings is 2. The fourth-order valence-electron chi connectivity index (χ4n) is 4.17. The maximum atomic E-state index is 13.1. The molecule has 0 N–H and O–H groups in total. The van der Waals surface area contributed by atoms with Crippen molar-refractivity contribution in [3.05, 3.63) is 84.2 Å². The van der Waals surface area contributed by atoms with Crippen molar-refractivity contribution in [1.29, 1.82) is 0 Å². The van der Waals surface area contributed by atoms with Gasteiger partial charge in [0.15, 0.2) is 5.60 Å². The Labute approximate surface area is 185 Å². The van der Waals surface area contributed by atoms with Crippen LogP contribution in [0.4, 0.5) is 4.79 Å². The van der Waals surface area contributed by atoms with Crippen LogP contribution in [0.3, 0.4) is 0 Å². The van der Waals surface area contributed by atoms with Gasteiger partial charge in [-0.2, -0.15) is 0 Å². The molecule has 1 spiro atoms. The summed E-state index contributed by atoms with van der Waals surface area (Å²) in [6, 6.07) is 18.7. The van der Waals surface area contributed by atoms with Crippen LogP contribution in [0.1, 0.15) is 22.3 Å². The Morgan fingerprint density at radius 1 is 1.03 bits per heavy atom. The first-order chi connectivity index (χ1) is 15.6. The predicted octanol–water partition coefficient (Wildman–Crippen LogP) is 3.51. The summed E-state index contributed by atoms with van der Waals surface area (Å²) in [4.78, 5) is 37.1. The van der Waals surface area contributed by atoms with E-state index in [2.05, 4.69) is 9.97 Å². The van der Waals surface area contributed by atoms with Crippen molar-refractivity contribution in [3.63, 3.8) is 0 Å². The van der Waals surface area contributed by atoms with Crippen LogP contribution < -0.4 is 4.74 Å². The van der Waals surface area contributed by atoms with E-state index in [0.717, 1.165) is 5.56 Å². The molecule has 1 aromatic heterocycles. The second-order valence-electron chi connectivity index (χ2n) is 8.03. The molecule has 5 rings (SSSR count). The molecular weight excluding hydrogens is 408 g/mol. The van der Waals surface area contributed by atoms with E-state index in [1.54, 1.807) is 52.5 Å². The number of carbonyl (C=O) groups is 2. The first kappa shape index (κ1) is 20.0. The number of aromatic nitrogens is 2. The summed E-state index contributed by atoms with van der Waals surface area (Å²) in [5.41, 5.74) is 0.889. The van der Waals surface area contributed by atoms with E-state index in [1.165, 1.54) is 0 Å². The van der Waals surface area contributed by atoms with Crippen LogP contribution in [0.5, 0.6) is 11.8 Å². The SMILES string of the molecule is O=C1OC2(CCN(C(=O)c3cccc(Oc4ncccn4)c3)C2)CN1Cc1ccccc1. The second kappa shape index (κ2) is 8.30. The zero-order valence-electron chi connectivity index (χ0n) is 17.4. The fourth-order valence-corrected chi connectivity index (χ4v) is 4.17. The summed E-state index contributed by atoms with van der Waals surface area (Å²) in [7, 11) is 0. The van der Waals surface area contributed by atoms with Crippen LogP contribution in [0.15, 0.2) is 73.1 Å². The molecule has 3 aromatic rings. The number of hydrogen-bond acceptors (Lipinski definition) is 6. The van der Waals surface area contributed by atoms with Crippen molar-refractivity contribution in [2.75, 3.05) is 19.6 Å². The van der Waals surface area contributed by atoms with Gasteiger partial charge in [0.05, 0.1) is 13.1 Å². The minimum absolute atomic E-state index is 0.126. The van der Waals surface area contributed by atoms with Crippen molar-refractivity contribution in [2.24, 2.45) is 0 Å². The highest BCUT2D eigenvalue weighted by Crippen LogP contribution is 2.34. The highest BCUT2D eigenvalue weighted by molar-refractivity contribution is 5.95. The van der Waals surface area contributed by atoms with Gasteiger partial charge in [-0.15, -0.1) is 0 Å². The molecule has 0 saturated carbocycles. The summed E-state index contributed by atoms with van der Waals surface area (Å²) in [6.07, 6.45) is 3.46. The van der Waals surface area contributed by atoms with Crippen molar-refractivity contribution in [1.82, 2.24) is 19.8 Å². The van der Waals surface area contributed by atoms with E-state index in [-0.39, 0.29) is 18.0 Å². The van der Waals surface area contributed by atoms with Gasteiger partial charge in [0.25, 0.3) is 5.91 Å². The molecule has 2 aromatic carbocycles. The number of carbonyl (C=O) groups excluding carboxylic acids is 2. The van der Waals surface area contributed by atoms with Crippen LogP contribution in [-0.4, -0.2) is 57.0 Å². The minimum Gasteiger partial charge on any atom is -0.439 e. The standard InChI is InChI=1S/C24H22N4O4/c29-21(19-8-4-9-20(14-19)31-22-25-11-5-12-26-22)27-13-10-24(16-27)17-28(23(30)32-24)15-18-6-2-1-3-7-18/h1-9,11-12,14H,10,13,15-17H2. The Hall–Kier alpha value is -3.94. The number of nitrogens with zero attached hydrogens (tertiary/aromatic N) is 4. The Morgan fingerprint density at radius 3 is 2.66 bits per heavy atom. The Balaban J connectivity index is 1.25. The molecule has 2 aliphatic rings. The average Bonchev–Trinajstić information content (AvgIpc) is 3.36. The molecule has 32 heavy (non-hydrogen) atoms. The molecule has 2 fully saturated rings. The van der Waals surface area contributed by atoms with Crippen molar-refractivity contribution >= 4 is 12.0 Å². The molecule has 1 atom stereocenters. The first-order valence-electron chi connectivity index (χ1n) is 10.5. The van der Waals surface area contributed by atoms with E-state index >= 15 is 0 Å². The lowest BCUT2D eigenvalue weighted by Gasteiger charge is -2.22. The van der Waals surface area contributed by atoms with Gasteiger partial charge in [0.2, 0.25) is 0 Å². The number of likely N-dealkylation sites (tertiary alicyclic amines) is 1. The topological polar surface area (TPSA) is 84.9 Å². The number of hydrogen-bond donors (Lipinski definition) is 0. The van der Waals surface area contributed by atoms with Gasteiger partial charge < -0.3 is 14.4 Å². The van der Waals surface area contributed by atoms with Crippen molar-refractivity contribution in [3.8, 4) is 11.8 Å². The molecular formula is C24H22N4O4. The largest absolute Gasteiger partial charge is 0.439 e. The molecule has 3 heterocycles. The van der Waals surface area contributed by atoms with Crippen LogP contribution >= 0.6 is 0 Å². The van der Waals surface area contributed by atoms with Crippen molar-refractivity contribution in [2.45, 2.75) is 18.6 Å².